The van der Waals surface area contributed by atoms with Crippen molar-refractivity contribution in [2.24, 2.45) is 5.73 Å². The molecule has 1 fully saturated rings. The lowest BCUT2D eigenvalue weighted by molar-refractivity contribution is -0.0125. The van der Waals surface area contributed by atoms with E-state index in [1.54, 1.807) is 0 Å². The average Bonchev–Trinajstić information content (AvgIpc) is 2.43. The summed E-state index contributed by atoms with van der Waals surface area (Å²) in [6.07, 6.45) is 3.21. The zero-order valence-electron chi connectivity index (χ0n) is 11.7. The summed E-state index contributed by atoms with van der Waals surface area (Å²) >= 11 is 6.18. The van der Waals surface area contributed by atoms with Crippen LogP contribution in [0.5, 0.6) is 0 Å². The number of hydrogen-bond acceptors (Lipinski definition) is 3. The second-order valence-electron chi connectivity index (χ2n) is 5.43. The summed E-state index contributed by atoms with van der Waals surface area (Å²) in [5.74, 6) is 0. The fraction of sp³-hybridized carbons (Fsp3) is 0.600. The van der Waals surface area contributed by atoms with Crippen molar-refractivity contribution in [2.45, 2.75) is 44.8 Å². The quantitative estimate of drug-likeness (QED) is 0.890. The minimum Gasteiger partial charge on any atom is -0.378 e. The predicted molar refractivity (Wildman–Crippen MR) is 80.9 cm³/mol. The first-order chi connectivity index (χ1) is 9.08. The molecule has 3 N–H and O–H groups in total. The molecule has 0 spiro atoms. The van der Waals surface area contributed by atoms with Gasteiger partial charge in [-0.1, -0.05) is 24.6 Å². The summed E-state index contributed by atoms with van der Waals surface area (Å²) in [5, 5.41) is 4.38. The number of anilines is 1. The van der Waals surface area contributed by atoms with Crippen molar-refractivity contribution in [1.29, 1.82) is 0 Å². The van der Waals surface area contributed by atoms with E-state index in [1.165, 1.54) is 0 Å². The molecular formula is C15H23ClN2O. The van der Waals surface area contributed by atoms with Crippen LogP contribution in [0.2, 0.25) is 5.02 Å². The molecule has 0 aliphatic carbocycles. The lowest BCUT2D eigenvalue weighted by Gasteiger charge is -2.41. The van der Waals surface area contributed by atoms with Gasteiger partial charge in [0.15, 0.2) is 0 Å². The van der Waals surface area contributed by atoms with Crippen molar-refractivity contribution in [1.82, 2.24) is 0 Å². The molecule has 1 heterocycles. The largest absolute Gasteiger partial charge is 0.378 e. The topological polar surface area (TPSA) is 47.3 Å². The Morgan fingerprint density at radius 1 is 1.53 bits per heavy atom. The second kappa shape index (κ2) is 6.12. The molecule has 1 saturated heterocycles. The van der Waals surface area contributed by atoms with E-state index in [1.807, 2.05) is 19.1 Å². The fourth-order valence-electron chi connectivity index (χ4n) is 2.61. The van der Waals surface area contributed by atoms with E-state index in [2.05, 4.69) is 18.3 Å². The summed E-state index contributed by atoms with van der Waals surface area (Å²) in [6.45, 7) is 5.53. The van der Waals surface area contributed by atoms with E-state index in [-0.39, 0.29) is 5.54 Å². The number of halogens is 1. The van der Waals surface area contributed by atoms with E-state index in [4.69, 9.17) is 22.1 Å². The first-order valence-electron chi connectivity index (χ1n) is 6.94. The van der Waals surface area contributed by atoms with Gasteiger partial charge in [-0.2, -0.15) is 0 Å². The van der Waals surface area contributed by atoms with Crippen molar-refractivity contribution < 1.29 is 4.74 Å². The summed E-state index contributed by atoms with van der Waals surface area (Å²) in [5.41, 5.74) is 8.08. The van der Waals surface area contributed by atoms with E-state index in [0.717, 1.165) is 42.1 Å². The number of rotatable bonds is 4. The highest BCUT2D eigenvalue weighted by Crippen LogP contribution is 2.31. The Hall–Kier alpha value is -0.770. The van der Waals surface area contributed by atoms with Gasteiger partial charge in [0.05, 0.1) is 11.6 Å². The third kappa shape index (κ3) is 3.41. The Kier molecular flexibility index (Phi) is 4.71. The minimum absolute atomic E-state index is 0.0719. The van der Waals surface area contributed by atoms with Gasteiger partial charge in [0.1, 0.15) is 0 Å². The standard InChI is InChI=1S/C15H23ClN2O/c1-3-13-9-15(10-17,6-7-19-13)18-12-5-4-11(2)14(16)8-12/h4-5,8,13,18H,3,6-7,9-10,17H2,1-2H3. The molecule has 1 aliphatic rings. The van der Waals surface area contributed by atoms with Gasteiger partial charge in [-0.3, -0.25) is 0 Å². The van der Waals surface area contributed by atoms with E-state index >= 15 is 0 Å². The highest BCUT2D eigenvalue weighted by atomic mass is 35.5. The Morgan fingerprint density at radius 3 is 2.95 bits per heavy atom. The van der Waals surface area contributed by atoms with Crippen LogP contribution < -0.4 is 11.1 Å². The van der Waals surface area contributed by atoms with Gasteiger partial charge in [-0.25, -0.2) is 0 Å². The molecule has 0 saturated carbocycles. The van der Waals surface area contributed by atoms with Gasteiger partial charge in [0, 0.05) is 23.9 Å². The summed E-state index contributed by atoms with van der Waals surface area (Å²) in [6, 6.07) is 6.07. The summed E-state index contributed by atoms with van der Waals surface area (Å²) < 4.78 is 5.74. The van der Waals surface area contributed by atoms with Crippen LogP contribution in [0.25, 0.3) is 0 Å². The number of benzene rings is 1. The Bertz CT molecular complexity index is 438. The van der Waals surface area contributed by atoms with Gasteiger partial charge >= 0.3 is 0 Å². The summed E-state index contributed by atoms with van der Waals surface area (Å²) in [4.78, 5) is 0. The number of nitrogens with one attached hydrogen (secondary N) is 1. The minimum atomic E-state index is -0.0719. The monoisotopic (exact) mass is 282 g/mol. The van der Waals surface area contributed by atoms with Gasteiger partial charge in [0.25, 0.3) is 0 Å². The van der Waals surface area contributed by atoms with Crippen LogP contribution in [0.1, 0.15) is 31.7 Å². The molecule has 4 heteroatoms. The average molecular weight is 283 g/mol. The lowest BCUT2D eigenvalue weighted by Crippen LogP contribution is -2.52. The van der Waals surface area contributed by atoms with Crippen molar-refractivity contribution in [3.63, 3.8) is 0 Å². The van der Waals surface area contributed by atoms with E-state index in [0.29, 0.717) is 12.6 Å². The molecular weight excluding hydrogens is 260 g/mol. The predicted octanol–water partition coefficient (Wildman–Crippen LogP) is 3.35. The number of ether oxygens (including phenoxy) is 1. The molecule has 1 aliphatic heterocycles. The fourth-order valence-corrected chi connectivity index (χ4v) is 2.79. The normalized spacial score (nSPS) is 27.3. The second-order valence-corrected chi connectivity index (χ2v) is 5.84. The Labute approximate surface area is 120 Å². The van der Waals surface area contributed by atoms with Gasteiger partial charge in [-0.15, -0.1) is 0 Å². The number of aryl methyl sites for hydroxylation is 1. The van der Waals surface area contributed by atoms with Crippen LogP contribution in [-0.4, -0.2) is 24.8 Å². The van der Waals surface area contributed by atoms with Crippen molar-refractivity contribution in [3.8, 4) is 0 Å². The SMILES string of the molecule is CCC1CC(CN)(Nc2ccc(C)c(Cl)c2)CCO1. The van der Waals surface area contributed by atoms with Gasteiger partial charge < -0.3 is 15.8 Å². The van der Waals surface area contributed by atoms with Crippen LogP contribution >= 0.6 is 11.6 Å². The molecule has 2 atom stereocenters. The third-order valence-electron chi connectivity index (χ3n) is 3.98. The van der Waals surface area contributed by atoms with Crippen LogP contribution in [0.15, 0.2) is 18.2 Å². The molecule has 0 bridgehead atoms. The number of hydrogen-bond donors (Lipinski definition) is 2. The van der Waals surface area contributed by atoms with Crippen LogP contribution in [0, 0.1) is 6.92 Å². The highest BCUT2D eigenvalue weighted by Gasteiger charge is 2.35. The van der Waals surface area contributed by atoms with Crippen molar-refractivity contribution >= 4 is 17.3 Å². The molecule has 19 heavy (non-hydrogen) atoms. The zero-order chi connectivity index (χ0) is 13.9. The van der Waals surface area contributed by atoms with E-state index < -0.39 is 0 Å². The molecule has 1 aromatic rings. The molecule has 0 aromatic heterocycles. The molecule has 1 aromatic carbocycles. The van der Waals surface area contributed by atoms with Crippen LogP contribution in [0.4, 0.5) is 5.69 Å². The molecule has 0 amide bonds. The maximum Gasteiger partial charge on any atom is 0.0595 e. The smallest absolute Gasteiger partial charge is 0.0595 e. The maximum atomic E-state index is 6.18. The molecule has 3 nitrogen and oxygen atoms in total. The third-order valence-corrected chi connectivity index (χ3v) is 4.39. The first kappa shape index (κ1) is 14.6. The molecule has 0 radical (unpaired) electrons. The molecule has 2 rings (SSSR count). The molecule has 2 unspecified atom stereocenters. The van der Waals surface area contributed by atoms with Crippen LogP contribution in [-0.2, 0) is 4.74 Å². The van der Waals surface area contributed by atoms with Gasteiger partial charge in [0.2, 0.25) is 0 Å². The van der Waals surface area contributed by atoms with Gasteiger partial charge in [-0.05, 0) is 43.9 Å². The highest BCUT2D eigenvalue weighted by molar-refractivity contribution is 6.31. The van der Waals surface area contributed by atoms with E-state index in [9.17, 15) is 0 Å². The van der Waals surface area contributed by atoms with Crippen molar-refractivity contribution in [3.05, 3.63) is 28.8 Å². The Balaban J connectivity index is 2.15. The van der Waals surface area contributed by atoms with Crippen LogP contribution in [0.3, 0.4) is 0 Å². The zero-order valence-corrected chi connectivity index (χ0v) is 12.5. The maximum absolute atomic E-state index is 6.18. The lowest BCUT2D eigenvalue weighted by atomic mass is 9.85. The molecule has 106 valence electrons. The summed E-state index contributed by atoms with van der Waals surface area (Å²) in [7, 11) is 0. The number of nitrogens with two attached hydrogens (primary N) is 1. The van der Waals surface area contributed by atoms with Crippen molar-refractivity contribution in [2.75, 3.05) is 18.5 Å². The Morgan fingerprint density at radius 2 is 2.32 bits per heavy atom. The first-order valence-corrected chi connectivity index (χ1v) is 7.32.